The lowest BCUT2D eigenvalue weighted by Gasteiger charge is -2.37. The summed E-state index contributed by atoms with van der Waals surface area (Å²) in [5, 5.41) is 10.6. The Morgan fingerprint density at radius 3 is 3.00 bits per heavy atom. The smallest absolute Gasteiger partial charge is 0.215 e. The Bertz CT molecular complexity index is 240. The molecule has 1 saturated carbocycles. The molecule has 3 unspecified atom stereocenters. The molecule has 2 rings (SSSR count). The maximum absolute atomic E-state index is 10.6. The van der Waals surface area contributed by atoms with E-state index in [9.17, 15) is 10.1 Å². The average molecular weight is 220 g/mol. The largest absolute Gasteiger partial charge is 0.293 e. The molecular weight excluding hydrogens is 208 g/mol. The molecule has 1 aliphatic heterocycles. The highest BCUT2D eigenvalue weighted by atomic mass is 32.2. The van der Waals surface area contributed by atoms with Gasteiger partial charge in [0.2, 0.25) is 6.04 Å². The van der Waals surface area contributed by atoms with E-state index in [1.54, 1.807) is 7.05 Å². The van der Waals surface area contributed by atoms with Gasteiger partial charge in [0.25, 0.3) is 0 Å². The molecule has 0 spiro atoms. The van der Waals surface area contributed by atoms with Crippen LogP contribution < -0.4 is 0 Å². The number of fused-ring (bicyclic) bond motifs is 1. The van der Waals surface area contributed by atoms with Crippen molar-refractivity contribution in [3.63, 3.8) is 0 Å². The van der Waals surface area contributed by atoms with Gasteiger partial charge in [-0.15, -0.1) is 4.47 Å². The summed E-state index contributed by atoms with van der Waals surface area (Å²) in [6.45, 7) is 0. The first-order chi connectivity index (χ1) is 6.66. The fraction of sp³-hybridized carbons (Fsp3) is 1.00. The Morgan fingerprint density at radius 1 is 1.50 bits per heavy atom. The van der Waals surface area contributed by atoms with Crippen LogP contribution in [-0.2, 0) is 9.02 Å². The third kappa shape index (κ3) is 2.00. The molecule has 1 aliphatic carbocycles. The molecule has 6 nitrogen and oxygen atoms in total. The summed E-state index contributed by atoms with van der Waals surface area (Å²) >= 11 is 1.15. The molecule has 0 amide bonds. The summed E-state index contributed by atoms with van der Waals surface area (Å²) in [6.07, 6.45) is 1.58. The van der Waals surface area contributed by atoms with Gasteiger partial charge >= 0.3 is 0 Å². The van der Waals surface area contributed by atoms with Crippen LogP contribution in [-0.4, -0.2) is 34.7 Å². The topological polar surface area (TPSA) is 64.8 Å². The lowest BCUT2D eigenvalue weighted by atomic mass is 9.91. The first kappa shape index (κ1) is 10.2. The Kier molecular flexibility index (Phi) is 2.91. The fourth-order valence-electron chi connectivity index (χ4n) is 1.82. The number of nitro groups is 1. The highest BCUT2D eigenvalue weighted by Gasteiger charge is 2.41. The fourth-order valence-corrected chi connectivity index (χ4v) is 2.41. The van der Waals surface area contributed by atoms with Crippen LogP contribution in [0.15, 0.2) is 0 Å². The van der Waals surface area contributed by atoms with Gasteiger partial charge in [-0.25, -0.2) is 0 Å². The number of hydrogen-bond acceptors (Lipinski definition) is 6. The molecule has 80 valence electrons. The van der Waals surface area contributed by atoms with Crippen molar-refractivity contribution in [2.45, 2.75) is 37.5 Å². The second-order valence-corrected chi connectivity index (χ2v) is 4.40. The van der Waals surface area contributed by atoms with E-state index in [4.69, 9.17) is 9.02 Å². The van der Waals surface area contributed by atoms with Crippen LogP contribution in [0.2, 0.25) is 0 Å². The van der Waals surface area contributed by atoms with Gasteiger partial charge in [-0.1, -0.05) is 0 Å². The third-order valence-electron chi connectivity index (χ3n) is 2.56. The van der Waals surface area contributed by atoms with E-state index < -0.39 is 6.04 Å². The SMILES string of the molecule is CN1OC2CC([N+](=O)[O-])CCC2OS1. The zero-order valence-electron chi connectivity index (χ0n) is 7.79. The Morgan fingerprint density at radius 2 is 2.29 bits per heavy atom. The summed E-state index contributed by atoms with van der Waals surface area (Å²) in [5.74, 6) is 0. The molecule has 7 heteroatoms. The molecule has 0 radical (unpaired) electrons. The van der Waals surface area contributed by atoms with E-state index in [0.717, 1.165) is 12.2 Å². The van der Waals surface area contributed by atoms with Gasteiger partial charge < -0.3 is 0 Å². The van der Waals surface area contributed by atoms with Crippen molar-refractivity contribution in [1.82, 2.24) is 4.47 Å². The van der Waals surface area contributed by atoms with E-state index in [1.165, 1.54) is 4.47 Å². The first-order valence-electron chi connectivity index (χ1n) is 4.54. The minimum absolute atomic E-state index is 0.00685. The molecule has 0 bridgehead atoms. The molecule has 1 heterocycles. The van der Waals surface area contributed by atoms with Gasteiger partial charge in [-0.05, 0) is 6.42 Å². The number of nitrogens with zero attached hydrogens (tertiary/aromatic N) is 2. The Labute approximate surface area is 86.0 Å². The number of hydroxylamine groups is 1. The van der Waals surface area contributed by atoms with Crippen molar-refractivity contribution in [2.75, 3.05) is 7.05 Å². The van der Waals surface area contributed by atoms with Gasteiger partial charge in [0.15, 0.2) is 0 Å². The quantitative estimate of drug-likeness (QED) is 0.284. The van der Waals surface area contributed by atoms with Crippen molar-refractivity contribution in [3.8, 4) is 0 Å². The summed E-state index contributed by atoms with van der Waals surface area (Å²) < 4.78 is 6.92. The predicted octanol–water partition coefficient (Wildman–Crippen LogP) is 1.01. The van der Waals surface area contributed by atoms with Gasteiger partial charge in [-0.2, -0.15) is 0 Å². The summed E-state index contributed by atoms with van der Waals surface area (Å²) in [5.41, 5.74) is 0. The zero-order chi connectivity index (χ0) is 10.1. The maximum atomic E-state index is 10.6. The molecule has 0 N–H and O–H groups in total. The van der Waals surface area contributed by atoms with Crippen LogP contribution in [0, 0.1) is 10.1 Å². The predicted molar refractivity (Wildman–Crippen MR) is 49.7 cm³/mol. The first-order valence-corrected chi connectivity index (χ1v) is 5.24. The molecule has 0 aromatic carbocycles. The van der Waals surface area contributed by atoms with E-state index in [2.05, 4.69) is 0 Å². The van der Waals surface area contributed by atoms with Gasteiger partial charge in [0.05, 0.1) is 0 Å². The monoisotopic (exact) mass is 220 g/mol. The van der Waals surface area contributed by atoms with Crippen molar-refractivity contribution >= 4 is 12.2 Å². The van der Waals surface area contributed by atoms with Crippen molar-refractivity contribution < 1.29 is 13.9 Å². The lowest BCUT2D eigenvalue weighted by molar-refractivity contribution is -0.530. The van der Waals surface area contributed by atoms with E-state index in [-0.39, 0.29) is 17.1 Å². The molecule has 2 aliphatic rings. The van der Waals surface area contributed by atoms with Crippen LogP contribution >= 0.6 is 12.2 Å². The standard InChI is InChI=1S/C7H12N2O4S/c1-8-12-7-4-5(9(10)11)2-3-6(7)13-14-8/h5-7H,2-4H2,1H3. The summed E-state index contributed by atoms with van der Waals surface area (Å²) in [4.78, 5) is 15.8. The average Bonchev–Trinajstić information content (AvgIpc) is 2.16. The van der Waals surface area contributed by atoms with Crippen LogP contribution in [0.4, 0.5) is 0 Å². The third-order valence-corrected chi connectivity index (χ3v) is 3.19. The number of rotatable bonds is 1. The zero-order valence-corrected chi connectivity index (χ0v) is 8.61. The normalized spacial score (nSPS) is 39.1. The van der Waals surface area contributed by atoms with Crippen LogP contribution in [0.1, 0.15) is 19.3 Å². The number of hydrogen-bond donors (Lipinski definition) is 0. The van der Waals surface area contributed by atoms with Crippen molar-refractivity contribution in [1.29, 1.82) is 0 Å². The molecule has 14 heavy (non-hydrogen) atoms. The maximum Gasteiger partial charge on any atom is 0.215 e. The highest BCUT2D eigenvalue weighted by Crippen LogP contribution is 2.34. The molecule has 1 saturated heterocycles. The van der Waals surface area contributed by atoms with Gasteiger partial charge in [0.1, 0.15) is 24.4 Å². The van der Waals surface area contributed by atoms with Crippen molar-refractivity contribution in [2.24, 2.45) is 0 Å². The molecule has 0 aromatic rings. The summed E-state index contributed by atoms with van der Waals surface area (Å²) in [6, 6.07) is -0.476. The second kappa shape index (κ2) is 4.01. The molecular formula is C7H12N2O4S. The van der Waals surface area contributed by atoms with Crippen LogP contribution in [0.5, 0.6) is 0 Å². The lowest BCUT2D eigenvalue weighted by Crippen LogP contribution is -2.46. The van der Waals surface area contributed by atoms with E-state index in [1.807, 2.05) is 0 Å². The Hall–Kier alpha value is -0.370. The highest BCUT2D eigenvalue weighted by molar-refractivity contribution is 7.92. The molecule has 0 aromatic heterocycles. The van der Waals surface area contributed by atoms with Gasteiger partial charge in [-0.3, -0.25) is 19.1 Å². The molecule has 2 fully saturated rings. The van der Waals surface area contributed by atoms with E-state index >= 15 is 0 Å². The van der Waals surface area contributed by atoms with Gasteiger partial charge in [0, 0.05) is 24.8 Å². The minimum atomic E-state index is -0.476. The molecule has 3 atom stereocenters. The van der Waals surface area contributed by atoms with Crippen molar-refractivity contribution in [3.05, 3.63) is 10.1 Å². The Balaban J connectivity index is 1.96. The minimum Gasteiger partial charge on any atom is -0.293 e. The van der Waals surface area contributed by atoms with E-state index in [0.29, 0.717) is 19.3 Å². The van der Waals surface area contributed by atoms with Crippen LogP contribution in [0.25, 0.3) is 0 Å². The van der Waals surface area contributed by atoms with Crippen LogP contribution in [0.3, 0.4) is 0 Å². The second-order valence-electron chi connectivity index (χ2n) is 3.54. The summed E-state index contributed by atoms with van der Waals surface area (Å²) in [7, 11) is 1.73.